The zero-order valence-corrected chi connectivity index (χ0v) is 19.7. The van der Waals surface area contributed by atoms with Crippen molar-refractivity contribution in [2.24, 2.45) is 5.10 Å². The van der Waals surface area contributed by atoms with Crippen molar-refractivity contribution in [3.8, 4) is 11.5 Å². The van der Waals surface area contributed by atoms with Crippen LogP contribution in [0, 0.1) is 13.7 Å². The van der Waals surface area contributed by atoms with Gasteiger partial charge < -0.3 is 9.47 Å². The largest absolute Gasteiger partial charge is 0.493 e. The monoisotopic (exact) mass is 565 g/mol. The maximum absolute atomic E-state index is 12.1. The van der Waals surface area contributed by atoms with Crippen molar-refractivity contribution in [3.05, 3.63) is 96.1 Å². The van der Waals surface area contributed by atoms with E-state index in [0.29, 0.717) is 27.6 Å². The van der Waals surface area contributed by atoms with Crippen LogP contribution in [0.1, 0.15) is 21.5 Å². The molecular weight excluding hydrogens is 549 g/mol. The highest BCUT2D eigenvalue weighted by molar-refractivity contribution is 14.1. The van der Waals surface area contributed by atoms with Crippen LogP contribution in [0.15, 0.2) is 65.8 Å². The Labute approximate surface area is 202 Å². The number of halogens is 2. The lowest BCUT2D eigenvalue weighted by atomic mass is 10.2. The number of hydrazone groups is 1. The van der Waals surface area contributed by atoms with Gasteiger partial charge in [0.05, 0.1) is 21.8 Å². The summed E-state index contributed by atoms with van der Waals surface area (Å²) >= 11 is 7.94. The smallest absolute Gasteiger partial charge is 0.271 e. The van der Waals surface area contributed by atoms with Gasteiger partial charge in [0.1, 0.15) is 6.61 Å². The van der Waals surface area contributed by atoms with Gasteiger partial charge in [-0.05, 0) is 82.2 Å². The summed E-state index contributed by atoms with van der Waals surface area (Å²) in [5.74, 6) is 0.667. The number of ether oxygens (including phenoxy) is 2. The summed E-state index contributed by atoms with van der Waals surface area (Å²) in [6, 6.07) is 16.2. The van der Waals surface area contributed by atoms with Gasteiger partial charge >= 0.3 is 0 Å². The van der Waals surface area contributed by atoms with Crippen molar-refractivity contribution in [2.75, 3.05) is 7.11 Å². The Balaban J connectivity index is 1.67. The van der Waals surface area contributed by atoms with Crippen molar-refractivity contribution in [2.45, 2.75) is 6.61 Å². The third kappa shape index (κ3) is 6.17. The normalized spacial score (nSPS) is 10.7. The van der Waals surface area contributed by atoms with Crippen LogP contribution in [-0.4, -0.2) is 24.2 Å². The second kappa shape index (κ2) is 10.9. The molecule has 0 aliphatic heterocycles. The number of hydrogen-bond acceptors (Lipinski definition) is 6. The number of nitro groups is 1. The molecule has 3 rings (SSSR count). The molecule has 0 aliphatic carbocycles. The SMILES string of the molecule is COc1cc(/C=N/NC(=O)c2ccc(Cl)cc2)cc(I)c1OCc1ccc([N+](=O)[O-])cc1. The number of nitrogens with one attached hydrogen (secondary N) is 1. The summed E-state index contributed by atoms with van der Waals surface area (Å²) in [6.07, 6.45) is 1.50. The molecule has 0 spiro atoms. The van der Waals surface area contributed by atoms with Gasteiger partial charge in [0.25, 0.3) is 11.6 Å². The fourth-order valence-electron chi connectivity index (χ4n) is 2.66. The van der Waals surface area contributed by atoms with E-state index in [4.69, 9.17) is 21.1 Å². The lowest BCUT2D eigenvalue weighted by Crippen LogP contribution is -2.17. The number of carbonyl (C=O) groups is 1. The average molecular weight is 566 g/mol. The lowest BCUT2D eigenvalue weighted by Gasteiger charge is -2.13. The van der Waals surface area contributed by atoms with E-state index < -0.39 is 4.92 Å². The molecule has 0 aromatic heterocycles. The van der Waals surface area contributed by atoms with Crippen molar-refractivity contribution < 1.29 is 19.2 Å². The molecular formula is C22H17ClIN3O5. The zero-order valence-electron chi connectivity index (χ0n) is 16.7. The Hall–Kier alpha value is -3.18. The fourth-order valence-corrected chi connectivity index (χ4v) is 3.56. The molecule has 1 amide bonds. The van der Waals surface area contributed by atoms with Crippen molar-refractivity contribution in [3.63, 3.8) is 0 Å². The first-order valence-electron chi connectivity index (χ1n) is 9.20. The van der Waals surface area contributed by atoms with E-state index in [2.05, 4.69) is 33.1 Å². The molecule has 0 saturated heterocycles. The molecule has 1 N–H and O–H groups in total. The highest BCUT2D eigenvalue weighted by atomic mass is 127. The lowest BCUT2D eigenvalue weighted by molar-refractivity contribution is -0.384. The molecule has 0 unspecified atom stereocenters. The summed E-state index contributed by atoms with van der Waals surface area (Å²) < 4.78 is 12.1. The molecule has 0 fully saturated rings. The molecule has 164 valence electrons. The van der Waals surface area contributed by atoms with Crippen LogP contribution in [0.5, 0.6) is 11.5 Å². The summed E-state index contributed by atoms with van der Waals surface area (Å²) in [4.78, 5) is 22.4. The second-order valence-corrected chi connectivity index (χ2v) is 8.05. The van der Waals surface area contributed by atoms with Crippen LogP contribution in [-0.2, 0) is 6.61 Å². The quantitative estimate of drug-likeness (QED) is 0.175. The fraction of sp³-hybridized carbons (Fsp3) is 0.0909. The molecule has 0 bridgehead atoms. The molecule has 10 heteroatoms. The second-order valence-electron chi connectivity index (χ2n) is 6.45. The molecule has 8 nitrogen and oxygen atoms in total. The van der Waals surface area contributed by atoms with Gasteiger partial charge in [-0.25, -0.2) is 5.43 Å². The molecule has 0 heterocycles. The van der Waals surface area contributed by atoms with Gasteiger partial charge in [-0.2, -0.15) is 5.10 Å². The highest BCUT2D eigenvalue weighted by Gasteiger charge is 2.12. The zero-order chi connectivity index (χ0) is 23.1. The summed E-state index contributed by atoms with van der Waals surface area (Å²) in [7, 11) is 1.52. The Bertz CT molecular complexity index is 1150. The van der Waals surface area contributed by atoms with Crippen LogP contribution in [0.25, 0.3) is 0 Å². The summed E-state index contributed by atoms with van der Waals surface area (Å²) in [6.45, 7) is 0.217. The van der Waals surface area contributed by atoms with E-state index in [9.17, 15) is 14.9 Å². The molecule has 32 heavy (non-hydrogen) atoms. The molecule has 0 atom stereocenters. The average Bonchev–Trinajstić information content (AvgIpc) is 2.78. The molecule has 3 aromatic carbocycles. The molecule has 0 saturated carbocycles. The van der Waals surface area contributed by atoms with Gasteiger partial charge in [-0.3, -0.25) is 14.9 Å². The molecule has 0 radical (unpaired) electrons. The Morgan fingerprint density at radius 1 is 1.19 bits per heavy atom. The minimum absolute atomic E-state index is 0.0210. The minimum atomic E-state index is -0.450. The number of nitrogens with zero attached hydrogens (tertiary/aromatic N) is 2. The third-order valence-electron chi connectivity index (χ3n) is 4.27. The maximum atomic E-state index is 12.1. The number of amides is 1. The van der Waals surface area contributed by atoms with Crippen molar-refractivity contribution in [1.29, 1.82) is 0 Å². The van der Waals surface area contributed by atoms with Crippen LogP contribution >= 0.6 is 34.2 Å². The van der Waals surface area contributed by atoms with E-state index in [0.717, 1.165) is 9.13 Å². The van der Waals surface area contributed by atoms with Gasteiger partial charge in [-0.15, -0.1) is 0 Å². The van der Waals surface area contributed by atoms with Gasteiger partial charge in [0.2, 0.25) is 0 Å². The first-order chi connectivity index (χ1) is 15.4. The van der Waals surface area contributed by atoms with Gasteiger partial charge in [0.15, 0.2) is 11.5 Å². The van der Waals surface area contributed by atoms with Gasteiger partial charge in [0, 0.05) is 22.7 Å². The summed E-state index contributed by atoms with van der Waals surface area (Å²) in [5.41, 5.74) is 4.40. The van der Waals surface area contributed by atoms with E-state index in [1.165, 1.54) is 25.5 Å². The van der Waals surface area contributed by atoms with E-state index in [1.807, 2.05) is 6.07 Å². The Morgan fingerprint density at radius 2 is 1.88 bits per heavy atom. The van der Waals surface area contributed by atoms with Crippen LogP contribution in [0.4, 0.5) is 5.69 Å². The van der Waals surface area contributed by atoms with Crippen molar-refractivity contribution >= 4 is 52.0 Å². The Morgan fingerprint density at radius 3 is 2.50 bits per heavy atom. The number of non-ortho nitro benzene ring substituents is 1. The predicted octanol–water partition coefficient (Wildman–Crippen LogP) is 5.20. The predicted molar refractivity (Wildman–Crippen MR) is 130 cm³/mol. The number of benzene rings is 3. The minimum Gasteiger partial charge on any atom is -0.493 e. The standard InChI is InChI=1S/C22H17ClIN3O5/c1-31-20-11-15(12-25-26-22(28)16-4-6-17(23)7-5-16)10-19(24)21(20)32-13-14-2-8-18(9-3-14)27(29)30/h2-12H,13H2,1H3,(H,26,28)/b25-12+. The maximum Gasteiger partial charge on any atom is 0.271 e. The first-order valence-corrected chi connectivity index (χ1v) is 10.7. The number of rotatable bonds is 8. The third-order valence-corrected chi connectivity index (χ3v) is 5.32. The molecule has 0 aliphatic rings. The topological polar surface area (TPSA) is 103 Å². The van der Waals surface area contributed by atoms with Crippen LogP contribution < -0.4 is 14.9 Å². The van der Waals surface area contributed by atoms with Crippen LogP contribution in [0.3, 0.4) is 0 Å². The first kappa shape index (κ1) is 23.5. The van der Waals surface area contributed by atoms with E-state index in [1.54, 1.807) is 42.5 Å². The van der Waals surface area contributed by atoms with E-state index in [-0.39, 0.29) is 18.2 Å². The number of nitro benzene ring substituents is 1. The highest BCUT2D eigenvalue weighted by Crippen LogP contribution is 2.34. The van der Waals surface area contributed by atoms with Gasteiger partial charge in [-0.1, -0.05) is 11.6 Å². The van der Waals surface area contributed by atoms with Crippen LogP contribution in [0.2, 0.25) is 5.02 Å². The summed E-state index contributed by atoms with van der Waals surface area (Å²) in [5, 5.41) is 15.3. The Kier molecular flexibility index (Phi) is 8.01. The number of methoxy groups -OCH3 is 1. The van der Waals surface area contributed by atoms with E-state index >= 15 is 0 Å². The molecule has 3 aromatic rings. The number of hydrogen-bond donors (Lipinski definition) is 1. The van der Waals surface area contributed by atoms with Crippen molar-refractivity contribution in [1.82, 2.24) is 5.43 Å². The number of carbonyl (C=O) groups excluding carboxylic acids is 1.